The van der Waals surface area contributed by atoms with Gasteiger partial charge in [0.25, 0.3) is 0 Å². The Morgan fingerprint density at radius 3 is 2.31 bits per heavy atom. The lowest BCUT2D eigenvalue weighted by atomic mass is 9.95. The van der Waals surface area contributed by atoms with Gasteiger partial charge in [-0.1, -0.05) is 13.8 Å². The van der Waals surface area contributed by atoms with Crippen LogP contribution in [0, 0.1) is 5.41 Å². The van der Waals surface area contributed by atoms with E-state index in [1.54, 1.807) is 0 Å². The van der Waals surface area contributed by atoms with Crippen LogP contribution >= 0.6 is 0 Å². The van der Waals surface area contributed by atoms with Crippen LogP contribution in [0.4, 0.5) is 13.2 Å². The third-order valence-corrected chi connectivity index (χ3v) is 2.63. The maximum Gasteiger partial charge on any atom is 0.414 e. The van der Waals surface area contributed by atoms with Crippen molar-refractivity contribution >= 4 is 0 Å². The topological polar surface area (TPSA) is 21.3 Å². The zero-order valence-corrected chi connectivity index (χ0v) is 10.0. The predicted molar refractivity (Wildman–Crippen MR) is 56.3 cm³/mol. The van der Waals surface area contributed by atoms with Gasteiger partial charge < -0.3 is 10.1 Å². The van der Waals surface area contributed by atoms with Crippen LogP contribution in [0.25, 0.3) is 0 Å². The molecule has 1 N–H and O–H groups in total. The molecule has 0 bridgehead atoms. The summed E-state index contributed by atoms with van der Waals surface area (Å²) < 4.78 is 41.5. The molecular formula is C11H20F3NO. The Balaban J connectivity index is 2.22. The first-order chi connectivity index (χ1) is 7.21. The fourth-order valence-electron chi connectivity index (χ4n) is 1.20. The Hall–Kier alpha value is -0.290. The van der Waals surface area contributed by atoms with Crippen LogP contribution in [0.5, 0.6) is 0 Å². The van der Waals surface area contributed by atoms with Crippen LogP contribution in [0.15, 0.2) is 0 Å². The van der Waals surface area contributed by atoms with E-state index in [1.165, 1.54) is 12.8 Å². The maximum atomic E-state index is 12.2. The van der Waals surface area contributed by atoms with Gasteiger partial charge in [-0.05, 0) is 19.8 Å². The van der Waals surface area contributed by atoms with Gasteiger partial charge in [-0.15, -0.1) is 0 Å². The molecule has 96 valence electrons. The van der Waals surface area contributed by atoms with Crippen molar-refractivity contribution in [3.05, 3.63) is 0 Å². The van der Waals surface area contributed by atoms with Crippen molar-refractivity contribution in [2.45, 2.75) is 51.9 Å². The van der Waals surface area contributed by atoms with Gasteiger partial charge in [0.2, 0.25) is 0 Å². The Morgan fingerprint density at radius 1 is 1.31 bits per heavy atom. The number of ether oxygens (including phenoxy) is 1. The maximum absolute atomic E-state index is 12.2. The first kappa shape index (κ1) is 13.8. The number of halogens is 3. The SMILES string of the molecule is CC(OCC(C)(C)CNC1CC1)C(F)(F)F. The molecule has 2 nitrogen and oxygen atoms in total. The zero-order valence-electron chi connectivity index (χ0n) is 10.0. The highest BCUT2D eigenvalue weighted by Crippen LogP contribution is 2.26. The van der Waals surface area contributed by atoms with E-state index in [-0.39, 0.29) is 12.0 Å². The Bertz CT molecular complexity index is 224. The van der Waals surface area contributed by atoms with E-state index in [9.17, 15) is 13.2 Å². The molecule has 1 aliphatic rings. The van der Waals surface area contributed by atoms with Crippen molar-refractivity contribution in [3.63, 3.8) is 0 Å². The zero-order chi connectivity index (χ0) is 12.4. The van der Waals surface area contributed by atoms with Gasteiger partial charge in [0, 0.05) is 18.0 Å². The molecule has 1 unspecified atom stereocenters. The summed E-state index contributed by atoms with van der Waals surface area (Å²) >= 11 is 0. The number of hydrogen-bond donors (Lipinski definition) is 1. The van der Waals surface area contributed by atoms with E-state index in [4.69, 9.17) is 4.74 Å². The average molecular weight is 239 g/mol. The second-order valence-electron chi connectivity index (χ2n) is 5.31. The normalized spacial score (nSPS) is 19.9. The van der Waals surface area contributed by atoms with Crippen molar-refractivity contribution < 1.29 is 17.9 Å². The number of nitrogens with one attached hydrogen (secondary N) is 1. The van der Waals surface area contributed by atoms with Gasteiger partial charge >= 0.3 is 6.18 Å². The van der Waals surface area contributed by atoms with Crippen LogP contribution in [0.3, 0.4) is 0 Å². The molecule has 1 atom stereocenters. The first-order valence-electron chi connectivity index (χ1n) is 5.62. The van der Waals surface area contributed by atoms with E-state index in [0.29, 0.717) is 12.6 Å². The highest BCUT2D eigenvalue weighted by molar-refractivity contribution is 4.84. The number of alkyl halides is 3. The molecule has 1 aliphatic carbocycles. The van der Waals surface area contributed by atoms with Crippen LogP contribution in [0.2, 0.25) is 0 Å². The number of hydrogen-bond acceptors (Lipinski definition) is 2. The molecule has 1 saturated carbocycles. The van der Waals surface area contributed by atoms with Crippen molar-refractivity contribution in [1.29, 1.82) is 0 Å². The van der Waals surface area contributed by atoms with Gasteiger partial charge in [0.15, 0.2) is 6.10 Å². The monoisotopic (exact) mass is 239 g/mol. The van der Waals surface area contributed by atoms with Crippen LogP contribution in [-0.4, -0.2) is 31.5 Å². The molecule has 5 heteroatoms. The highest BCUT2D eigenvalue weighted by Gasteiger charge is 2.38. The summed E-state index contributed by atoms with van der Waals surface area (Å²) in [6.45, 7) is 5.68. The summed E-state index contributed by atoms with van der Waals surface area (Å²) in [5, 5.41) is 3.30. The quantitative estimate of drug-likeness (QED) is 0.769. The minimum absolute atomic E-state index is 0.118. The second kappa shape index (κ2) is 4.92. The second-order valence-corrected chi connectivity index (χ2v) is 5.31. The molecule has 1 fully saturated rings. The molecule has 1 rings (SSSR count). The van der Waals surface area contributed by atoms with Crippen LogP contribution in [-0.2, 0) is 4.74 Å². The van der Waals surface area contributed by atoms with Crippen molar-refractivity contribution in [3.8, 4) is 0 Å². The molecule has 0 aromatic rings. The first-order valence-corrected chi connectivity index (χ1v) is 5.62. The lowest BCUT2D eigenvalue weighted by Gasteiger charge is -2.27. The smallest absolute Gasteiger partial charge is 0.368 e. The van der Waals surface area contributed by atoms with Gasteiger partial charge in [-0.25, -0.2) is 0 Å². The van der Waals surface area contributed by atoms with Crippen molar-refractivity contribution in [1.82, 2.24) is 5.32 Å². The van der Waals surface area contributed by atoms with Crippen LogP contribution in [0.1, 0.15) is 33.6 Å². The molecule has 0 amide bonds. The third-order valence-electron chi connectivity index (χ3n) is 2.63. The van der Waals surface area contributed by atoms with E-state index in [0.717, 1.165) is 6.92 Å². The fourth-order valence-corrected chi connectivity index (χ4v) is 1.20. The fraction of sp³-hybridized carbons (Fsp3) is 1.00. The summed E-state index contributed by atoms with van der Waals surface area (Å²) in [4.78, 5) is 0. The lowest BCUT2D eigenvalue weighted by molar-refractivity contribution is -0.220. The third kappa shape index (κ3) is 5.16. The van der Waals surface area contributed by atoms with Gasteiger partial charge in [-0.3, -0.25) is 0 Å². The average Bonchev–Trinajstić information content (AvgIpc) is 2.93. The Morgan fingerprint density at radius 2 is 1.88 bits per heavy atom. The molecule has 0 spiro atoms. The molecule has 0 radical (unpaired) electrons. The number of rotatable bonds is 6. The van der Waals surface area contributed by atoms with Crippen LogP contribution < -0.4 is 5.32 Å². The Labute approximate surface area is 94.5 Å². The highest BCUT2D eigenvalue weighted by atomic mass is 19.4. The molecular weight excluding hydrogens is 219 g/mol. The van der Waals surface area contributed by atoms with E-state index in [2.05, 4.69) is 5.32 Å². The van der Waals surface area contributed by atoms with E-state index < -0.39 is 12.3 Å². The lowest BCUT2D eigenvalue weighted by Crippen LogP contribution is -2.38. The molecule has 0 aromatic carbocycles. The van der Waals surface area contributed by atoms with Gasteiger partial charge in [-0.2, -0.15) is 13.2 Å². The van der Waals surface area contributed by atoms with E-state index in [1.807, 2.05) is 13.8 Å². The Kier molecular flexibility index (Phi) is 4.23. The summed E-state index contributed by atoms with van der Waals surface area (Å²) in [6.07, 6.45) is -3.60. The largest absolute Gasteiger partial charge is 0.414 e. The molecule has 0 saturated heterocycles. The minimum Gasteiger partial charge on any atom is -0.368 e. The standard InChI is InChI=1S/C11H20F3NO/c1-8(11(12,13)14)16-7-10(2,3)6-15-9-4-5-9/h8-9,15H,4-7H2,1-3H3. The minimum atomic E-state index is -4.26. The summed E-state index contributed by atoms with van der Waals surface area (Å²) in [5.41, 5.74) is -0.262. The van der Waals surface area contributed by atoms with Crippen molar-refractivity contribution in [2.75, 3.05) is 13.2 Å². The summed E-state index contributed by atoms with van der Waals surface area (Å²) in [7, 11) is 0. The molecule has 16 heavy (non-hydrogen) atoms. The molecule has 0 aromatic heterocycles. The predicted octanol–water partition coefficient (Wildman–Crippen LogP) is 2.73. The molecule has 0 heterocycles. The molecule has 0 aliphatic heterocycles. The summed E-state index contributed by atoms with van der Waals surface area (Å²) in [6, 6.07) is 0.569. The van der Waals surface area contributed by atoms with Gasteiger partial charge in [0.1, 0.15) is 0 Å². The summed E-state index contributed by atoms with van der Waals surface area (Å²) in [5.74, 6) is 0. The van der Waals surface area contributed by atoms with E-state index >= 15 is 0 Å². The van der Waals surface area contributed by atoms with Gasteiger partial charge in [0.05, 0.1) is 6.61 Å². The van der Waals surface area contributed by atoms with Crippen molar-refractivity contribution in [2.24, 2.45) is 5.41 Å².